The van der Waals surface area contributed by atoms with E-state index in [0.717, 1.165) is 0 Å². The summed E-state index contributed by atoms with van der Waals surface area (Å²) in [5.41, 5.74) is 4.74. The SMILES string of the molecule is N[C@]1(C(=O)O)C[C@H]1C1CC1. The van der Waals surface area contributed by atoms with Gasteiger partial charge < -0.3 is 10.8 Å². The molecule has 2 aliphatic rings. The summed E-state index contributed by atoms with van der Waals surface area (Å²) in [6, 6.07) is 0. The summed E-state index contributed by atoms with van der Waals surface area (Å²) in [7, 11) is 0. The fourth-order valence-electron chi connectivity index (χ4n) is 1.64. The number of hydrogen-bond donors (Lipinski definition) is 2. The van der Waals surface area contributed by atoms with Crippen molar-refractivity contribution in [1.82, 2.24) is 0 Å². The lowest BCUT2D eigenvalue weighted by Crippen LogP contribution is -2.35. The summed E-state index contributed by atoms with van der Waals surface area (Å²) in [4.78, 5) is 10.5. The van der Waals surface area contributed by atoms with Crippen molar-refractivity contribution < 1.29 is 9.90 Å². The van der Waals surface area contributed by atoms with E-state index < -0.39 is 11.5 Å². The summed E-state index contributed by atoms with van der Waals surface area (Å²) in [5.74, 6) is 0.121. The van der Waals surface area contributed by atoms with Crippen molar-refractivity contribution >= 4 is 5.97 Å². The number of carboxylic acid groups (broad SMARTS) is 1. The summed E-state index contributed by atoms with van der Waals surface area (Å²) >= 11 is 0. The van der Waals surface area contributed by atoms with E-state index in [2.05, 4.69) is 0 Å². The summed E-state index contributed by atoms with van der Waals surface area (Å²) < 4.78 is 0. The molecule has 0 unspecified atom stereocenters. The molecule has 2 aliphatic carbocycles. The second-order valence-corrected chi connectivity index (χ2v) is 3.49. The Bertz CT molecular complexity index is 188. The van der Waals surface area contributed by atoms with Gasteiger partial charge in [-0.1, -0.05) is 0 Å². The smallest absolute Gasteiger partial charge is 0.323 e. The lowest BCUT2D eigenvalue weighted by Gasteiger charge is -2.02. The summed E-state index contributed by atoms with van der Waals surface area (Å²) in [6.45, 7) is 0. The molecule has 3 heteroatoms. The van der Waals surface area contributed by atoms with Crippen LogP contribution in [-0.4, -0.2) is 16.6 Å². The second-order valence-electron chi connectivity index (χ2n) is 3.49. The largest absolute Gasteiger partial charge is 0.480 e. The van der Waals surface area contributed by atoms with Gasteiger partial charge in [-0.3, -0.25) is 4.79 Å². The molecule has 56 valence electrons. The van der Waals surface area contributed by atoms with Gasteiger partial charge in [-0.25, -0.2) is 0 Å². The third kappa shape index (κ3) is 0.669. The van der Waals surface area contributed by atoms with Crippen LogP contribution in [0.5, 0.6) is 0 Å². The van der Waals surface area contributed by atoms with Crippen molar-refractivity contribution in [2.45, 2.75) is 24.8 Å². The molecular formula is C7H11NO2. The molecule has 2 atom stereocenters. The van der Waals surface area contributed by atoms with Gasteiger partial charge >= 0.3 is 5.97 Å². The van der Waals surface area contributed by atoms with Crippen LogP contribution in [0, 0.1) is 11.8 Å². The van der Waals surface area contributed by atoms with E-state index in [1.807, 2.05) is 0 Å². The van der Waals surface area contributed by atoms with Gasteiger partial charge in [0, 0.05) is 0 Å². The Hall–Kier alpha value is -0.570. The average molecular weight is 141 g/mol. The molecule has 0 aromatic heterocycles. The first-order valence-corrected chi connectivity index (χ1v) is 3.67. The standard InChI is InChI=1S/C7H11NO2/c8-7(6(9)10)3-5(7)4-1-2-4/h4-5H,1-3,8H2,(H,9,10)/t5-,7+/m0/s1. The fourth-order valence-corrected chi connectivity index (χ4v) is 1.64. The highest BCUT2D eigenvalue weighted by Gasteiger charge is 2.62. The molecule has 0 heterocycles. The van der Waals surface area contributed by atoms with E-state index in [1.165, 1.54) is 12.8 Å². The molecule has 0 amide bonds. The maximum absolute atomic E-state index is 10.5. The van der Waals surface area contributed by atoms with Crippen LogP contribution in [0.2, 0.25) is 0 Å². The minimum absolute atomic E-state index is 0.296. The fraction of sp³-hybridized carbons (Fsp3) is 0.857. The number of aliphatic carboxylic acids is 1. The van der Waals surface area contributed by atoms with Crippen LogP contribution in [0.25, 0.3) is 0 Å². The molecule has 0 spiro atoms. The first kappa shape index (κ1) is 6.16. The Morgan fingerprint density at radius 1 is 1.60 bits per heavy atom. The van der Waals surface area contributed by atoms with Gasteiger partial charge in [0.05, 0.1) is 0 Å². The van der Waals surface area contributed by atoms with E-state index >= 15 is 0 Å². The maximum Gasteiger partial charge on any atom is 0.323 e. The van der Waals surface area contributed by atoms with Gasteiger partial charge in [-0.2, -0.15) is 0 Å². The number of carbonyl (C=O) groups is 1. The Morgan fingerprint density at radius 3 is 2.50 bits per heavy atom. The van der Waals surface area contributed by atoms with Crippen LogP contribution < -0.4 is 5.73 Å². The normalized spacial score (nSPS) is 45.1. The van der Waals surface area contributed by atoms with Crippen molar-refractivity contribution in [3.05, 3.63) is 0 Å². The average Bonchev–Trinajstić information content (AvgIpc) is 2.57. The topological polar surface area (TPSA) is 63.3 Å². The molecule has 0 aromatic carbocycles. The molecule has 0 saturated heterocycles. The molecule has 3 nitrogen and oxygen atoms in total. The van der Waals surface area contributed by atoms with E-state index in [0.29, 0.717) is 18.3 Å². The zero-order valence-electron chi connectivity index (χ0n) is 5.71. The van der Waals surface area contributed by atoms with Crippen molar-refractivity contribution in [3.63, 3.8) is 0 Å². The predicted octanol–water partition coefficient (Wildman–Crippen LogP) is 0.198. The summed E-state index contributed by atoms with van der Waals surface area (Å²) in [6.07, 6.45) is 3.08. The van der Waals surface area contributed by atoms with Gasteiger partial charge in [0.25, 0.3) is 0 Å². The zero-order valence-corrected chi connectivity index (χ0v) is 5.71. The van der Waals surface area contributed by atoms with Crippen molar-refractivity contribution in [1.29, 1.82) is 0 Å². The van der Waals surface area contributed by atoms with Gasteiger partial charge in [0.1, 0.15) is 5.54 Å². The van der Waals surface area contributed by atoms with Crippen molar-refractivity contribution in [3.8, 4) is 0 Å². The molecule has 2 rings (SSSR count). The zero-order chi connectivity index (χ0) is 7.35. The van der Waals surface area contributed by atoms with Crippen LogP contribution in [0.1, 0.15) is 19.3 Å². The molecule has 2 fully saturated rings. The minimum Gasteiger partial charge on any atom is -0.480 e. The molecule has 3 N–H and O–H groups in total. The highest BCUT2D eigenvalue weighted by atomic mass is 16.4. The maximum atomic E-state index is 10.5. The first-order chi connectivity index (χ1) is 4.64. The number of hydrogen-bond acceptors (Lipinski definition) is 2. The number of rotatable bonds is 2. The van der Waals surface area contributed by atoms with Crippen LogP contribution >= 0.6 is 0 Å². The van der Waals surface area contributed by atoms with Crippen LogP contribution in [0.3, 0.4) is 0 Å². The van der Waals surface area contributed by atoms with Gasteiger partial charge in [-0.05, 0) is 31.1 Å². The second kappa shape index (κ2) is 1.53. The highest BCUT2D eigenvalue weighted by molar-refractivity contribution is 5.83. The number of carboxylic acids is 1. The molecule has 0 aromatic rings. The Labute approximate surface area is 59.2 Å². The van der Waals surface area contributed by atoms with Crippen LogP contribution in [0.15, 0.2) is 0 Å². The Morgan fingerprint density at radius 2 is 2.20 bits per heavy atom. The molecule has 0 bridgehead atoms. The first-order valence-electron chi connectivity index (χ1n) is 3.67. The van der Waals surface area contributed by atoms with Crippen molar-refractivity contribution in [2.24, 2.45) is 17.6 Å². The third-order valence-corrected chi connectivity index (χ3v) is 2.65. The third-order valence-electron chi connectivity index (χ3n) is 2.65. The Kier molecular flexibility index (Phi) is 0.944. The molecule has 0 radical (unpaired) electrons. The molecule has 2 saturated carbocycles. The van der Waals surface area contributed by atoms with Crippen LogP contribution in [0.4, 0.5) is 0 Å². The van der Waals surface area contributed by atoms with Crippen LogP contribution in [-0.2, 0) is 4.79 Å². The van der Waals surface area contributed by atoms with E-state index in [1.54, 1.807) is 0 Å². The van der Waals surface area contributed by atoms with E-state index in [9.17, 15) is 4.79 Å². The van der Waals surface area contributed by atoms with Gasteiger partial charge in [0.2, 0.25) is 0 Å². The Balaban J connectivity index is 2.02. The lowest BCUT2D eigenvalue weighted by molar-refractivity contribution is -0.140. The molecular weight excluding hydrogens is 130 g/mol. The summed E-state index contributed by atoms with van der Waals surface area (Å²) in [5, 5.41) is 8.63. The molecule has 10 heavy (non-hydrogen) atoms. The monoisotopic (exact) mass is 141 g/mol. The lowest BCUT2D eigenvalue weighted by atomic mass is 10.1. The quantitative estimate of drug-likeness (QED) is 0.577. The highest BCUT2D eigenvalue weighted by Crippen LogP contribution is 2.55. The predicted molar refractivity (Wildman–Crippen MR) is 35.4 cm³/mol. The van der Waals surface area contributed by atoms with E-state index in [-0.39, 0.29) is 0 Å². The van der Waals surface area contributed by atoms with Gasteiger partial charge in [-0.15, -0.1) is 0 Å². The number of nitrogens with two attached hydrogens (primary N) is 1. The van der Waals surface area contributed by atoms with E-state index in [4.69, 9.17) is 10.8 Å². The minimum atomic E-state index is -0.832. The van der Waals surface area contributed by atoms with Crippen molar-refractivity contribution in [2.75, 3.05) is 0 Å². The van der Waals surface area contributed by atoms with Gasteiger partial charge in [0.15, 0.2) is 0 Å². The molecule has 0 aliphatic heterocycles.